The summed E-state index contributed by atoms with van der Waals surface area (Å²) in [5.41, 5.74) is 9.05. The molecule has 4 N–H and O–H groups in total. The van der Waals surface area contributed by atoms with Gasteiger partial charge in [0, 0.05) is 43.2 Å². The Bertz CT molecular complexity index is 811. The first-order valence-corrected chi connectivity index (χ1v) is 9.67. The van der Waals surface area contributed by atoms with E-state index in [0.717, 1.165) is 5.56 Å². The highest BCUT2D eigenvalue weighted by Crippen LogP contribution is 2.27. The Morgan fingerprint density at radius 2 is 1.72 bits per heavy atom. The van der Waals surface area contributed by atoms with Crippen LogP contribution in [-0.2, 0) is 6.54 Å². The van der Waals surface area contributed by atoms with E-state index in [-0.39, 0.29) is 42.3 Å². The molecule has 0 saturated carbocycles. The Morgan fingerprint density at radius 3 is 2.34 bits per heavy atom. The fourth-order valence-corrected chi connectivity index (χ4v) is 3.49. The van der Waals surface area contributed by atoms with Gasteiger partial charge in [-0.3, -0.25) is 4.79 Å². The lowest BCUT2D eigenvalue weighted by atomic mass is 9.95. The van der Waals surface area contributed by atoms with E-state index in [9.17, 15) is 9.59 Å². The number of amides is 3. The molecular formula is C22H29ClN4O2. The molecule has 1 aliphatic rings. The summed E-state index contributed by atoms with van der Waals surface area (Å²) in [6.45, 7) is 5.41. The third kappa shape index (κ3) is 5.95. The van der Waals surface area contributed by atoms with Gasteiger partial charge in [0.15, 0.2) is 0 Å². The Kier molecular flexibility index (Phi) is 8.05. The average molecular weight is 417 g/mol. The fraction of sp³-hybridized carbons (Fsp3) is 0.364. The summed E-state index contributed by atoms with van der Waals surface area (Å²) in [6.07, 6.45) is 0. The molecular weight excluding hydrogens is 388 g/mol. The van der Waals surface area contributed by atoms with Crippen molar-refractivity contribution >= 4 is 24.3 Å². The number of benzene rings is 2. The highest BCUT2D eigenvalue weighted by atomic mass is 35.5. The normalized spacial score (nSPS) is 18.3. The molecule has 3 amide bonds. The topological polar surface area (TPSA) is 87.5 Å². The van der Waals surface area contributed by atoms with E-state index in [1.54, 1.807) is 12.1 Å². The first-order valence-electron chi connectivity index (χ1n) is 9.67. The molecule has 2 atom stereocenters. The molecule has 0 aliphatic carbocycles. The number of rotatable bonds is 5. The van der Waals surface area contributed by atoms with Gasteiger partial charge in [-0.1, -0.05) is 42.5 Å². The molecule has 0 aromatic heterocycles. The lowest BCUT2D eigenvalue weighted by Crippen LogP contribution is -2.39. The van der Waals surface area contributed by atoms with Crippen molar-refractivity contribution in [2.75, 3.05) is 13.1 Å². The van der Waals surface area contributed by atoms with Crippen LogP contribution in [0.15, 0.2) is 54.6 Å². The van der Waals surface area contributed by atoms with E-state index in [1.807, 2.05) is 49.1 Å². The SMILES string of the molecule is CC(C)NC(=O)NCc1ccc(C(=O)N2C[C@@H](N)[C@H](c3ccccc3)C2)cc1.Cl. The van der Waals surface area contributed by atoms with Crippen LogP contribution in [0, 0.1) is 0 Å². The van der Waals surface area contributed by atoms with Crippen LogP contribution in [0.1, 0.15) is 41.3 Å². The molecule has 0 radical (unpaired) electrons. The summed E-state index contributed by atoms with van der Waals surface area (Å²) in [5, 5.41) is 5.58. The van der Waals surface area contributed by atoms with Gasteiger partial charge >= 0.3 is 6.03 Å². The number of hydrogen-bond acceptors (Lipinski definition) is 3. The predicted molar refractivity (Wildman–Crippen MR) is 117 cm³/mol. The second-order valence-electron chi connectivity index (χ2n) is 7.57. The van der Waals surface area contributed by atoms with Gasteiger partial charge < -0.3 is 21.3 Å². The number of halogens is 1. The third-order valence-corrected chi connectivity index (χ3v) is 4.95. The quantitative estimate of drug-likeness (QED) is 0.700. The molecule has 1 saturated heterocycles. The number of nitrogens with two attached hydrogens (primary N) is 1. The summed E-state index contributed by atoms with van der Waals surface area (Å²) in [5.74, 6) is 0.152. The zero-order valence-electron chi connectivity index (χ0n) is 16.8. The maximum Gasteiger partial charge on any atom is 0.315 e. The van der Waals surface area contributed by atoms with Gasteiger partial charge in [0.05, 0.1) is 0 Å². The van der Waals surface area contributed by atoms with Gasteiger partial charge in [-0.25, -0.2) is 4.79 Å². The minimum Gasteiger partial charge on any atom is -0.336 e. The van der Waals surface area contributed by atoms with Crippen LogP contribution in [0.5, 0.6) is 0 Å². The van der Waals surface area contributed by atoms with Crippen molar-refractivity contribution in [3.8, 4) is 0 Å². The molecule has 1 fully saturated rings. The zero-order valence-corrected chi connectivity index (χ0v) is 17.6. The summed E-state index contributed by atoms with van der Waals surface area (Å²) < 4.78 is 0. The molecule has 2 aromatic rings. The Morgan fingerprint density at radius 1 is 1.07 bits per heavy atom. The minimum atomic E-state index is -0.201. The second kappa shape index (κ2) is 10.3. The first kappa shape index (κ1) is 22.7. The summed E-state index contributed by atoms with van der Waals surface area (Å²) in [6, 6.07) is 17.3. The smallest absolute Gasteiger partial charge is 0.315 e. The van der Waals surface area contributed by atoms with Gasteiger partial charge in [-0.15, -0.1) is 12.4 Å². The number of nitrogens with zero attached hydrogens (tertiary/aromatic N) is 1. The standard InChI is InChI=1S/C22H28N4O2.ClH/c1-15(2)25-22(28)24-12-16-8-10-18(11-9-16)21(27)26-13-19(20(23)14-26)17-6-4-3-5-7-17;/h3-11,15,19-20H,12-14,23H2,1-2H3,(H2,24,25,28);1H/t19-,20+;/m0./s1. The van der Waals surface area contributed by atoms with E-state index in [4.69, 9.17) is 5.73 Å². The second-order valence-corrected chi connectivity index (χ2v) is 7.57. The van der Waals surface area contributed by atoms with Crippen LogP contribution >= 0.6 is 12.4 Å². The van der Waals surface area contributed by atoms with Gasteiger partial charge in [0.25, 0.3) is 5.91 Å². The van der Waals surface area contributed by atoms with Crippen LogP contribution in [0.25, 0.3) is 0 Å². The molecule has 2 aromatic carbocycles. The zero-order chi connectivity index (χ0) is 20.1. The molecule has 0 bridgehead atoms. The predicted octanol–water partition coefficient (Wildman–Crippen LogP) is 2.88. The maximum atomic E-state index is 12.9. The summed E-state index contributed by atoms with van der Waals surface area (Å²) >= 11 is 0. The number of nitrogens with one attached hydrogen (secondary N) is 2. The van der Waals surface area contributed by atoms with Crippen molar-refractivity contribution in [1.29, 1.82) is 0 Å². The molecule has 3 rings (SSSR count). The van der Waals surface area contributed by atoms with Crippen molar-refractivity contribution in [2.45, 2.75) is 38.4 Å². The molecule has 1 aliphatic heterocycles. The highest BCUT2D eigenvalue weighted by Gasteiger charge is 2.34. The molecule has 156 valence electrons. The largest absolute Gasteiger partial charge is 0.336 e. The van der Waals surface area contributed by atoms with Gasteiger partial charge in [-0.05, 0) is 37.1 Å². The first-order chi connectivity index (χ1) is 13.4. The molecule has 6 nitrogen and oxygen atoms in total. The number of hydrogen-bond donors (Lipinski definition) is 3. The van der Waals surface area contributed by atoms with E-state index in [1.165, 1.54) is 5.56 Å². The number of carbonyl (C=O) groups is 2. The van der Waals surface area contributed by atoms with Crippen LogP contribution in [0.2, 0.25) is 0 Å². The van der Waals surface area contributed by atoms with Crippen molar-refractivity contribution in [3.63, 3.8) is 0 Å². The number of carbonyl (C=O) groups excluding carboxylic acids is 2. The third-order valence-electron chi connectivity index (χ3n) is 4.95. The molecule has 0 unspecified atom stereocenters. The van der Waals surface area contributed by atoms with Crippen LogP contribution in [-0.4, -0.2) is 42.0 Å². The van der Waals surface area contributed by atoms with Crippen molar-refractivity contribution in [3.05, 3.63) is 71.3 Å². The van der Waals surface area contributed by atoms with Gasteiger partial charge in [-0.2, -0.15) is 0 Å². The van der Waals surface area contributed by atoms with E-state index in [2.05, 4.69) is 22.8 Å². The van der Waals surface area contributed by atoms with Gasteiger partial charge in [0.2, 0.25) is 0 Å². The van der Waals surface area contributed by atoms with Gasteiger partial charge in [0.1, 0.15) is 0 Å². The van der Waals surface area contributed by atoms with Crippen LogP contribution in [0.3, 0.4) is 0 Å². The lowest BCUT2D eigenvalue weighted by molar-refractivity contribution is 0.0789. The summed E-state index contributed by atoms with van der Waals surface area (Å²) in [4.78, 5) is 26.3. The highest BCUT2D eigenvalue weighted by molar-refractivity contribution is 5.94. The van der Waals surface area contributed by atoms with Crippen LogP contribution < -0.4 is 16.4 Å². The van der Waals surface area contributed by atoms with Crippen LogP contribution in [0.4, 0.5) is 4.79 Å². The van der Waals surface area contributed by atoms with Crippen molar-refractivity contribution in [1.82, 2.24) is 15.5 Å². The minimum absolute atomic E-state index is 0. The maximum absolute atomic E-state index is 12.9. The van der Waals surface area contributed by atoms with E-state index in [0.29, 0.717) is 25.2 Å². The monoisotopic (exact) mass is 416 g/mol. The number of urea groups is 1. The lowest BCUT2D eigenvalue weighted by Gasteiger charge is -2.17. The molecule has 0 spiro atoms. The average Bonchev–Trinajstić information content (AvgIpc) is 3.08. The van der Waals surface area contributed by atoms with Crippen molar-refractivity contribution < 1.29 is 9.59 Å². The molecule has 1 heterocycles. The van der Waals surface area contributed by atoms with E-state index >= 15 is 0 Å². The Labute approximate surface area is 178 Å². The molecule has 29 heavy (non-hydrogen) atoms. The summed E-state index contributed by atoms with van der Waals surface area (Å²) in [7, 11) is 0. The fourth-order valence-electron chi connectivity index (χ4n) is 3.49. The van der Waals surface area contributed by atoms with Crippen molar-refractivity contribution in [2.24, 2.45) is 5.73 Å². The Balaban J connectivity index is 0.00000300. The Hall–Kier alpha value is -2.57. The number of likely N-dealkylation sites (tertiary alicyclic amines) is 1. The van der Waals surface area contributed by atoms with E-state index < -0.39 is 0 Å². The molecule has 7 heteroatoms.